The zero-order chi connectivity index (χ0) is 21.8. The van der Waals surface area contributed by atoms with Crippen molar-refractivity contribution in [2.45, 2.75) is 64.1 Å². The van der Waals surface area contributed by atoms with Crippen molar-refractivity contribution in [1.29, 1.82) is 0 Å². The first-order valence-electron chi connectivity index (χ1n) is 10.0. The van der Waals surface area contributed by atoms with Gasteiger partial charge in [0.05, 0.1) is 6.61 Å². The molecular formula is C19H28N6O5. The fourth-order valence-corrected chi connectivity index (χ4v) is 3.33. The van der Waals surface area contributed by atoms with Crippen molar-refractivity contribution < 1.29 is 24.9 Å². The van der Waals surface area contributed by atoms with Crippen molar-refractivity contribution in [2.24, 2.45) is 0 Å². The number of aromatic nitrogens is 2. The Morgan fingerprint density at radius 1 is 1.33 bits per heavy atom. The molecule has 11 heteroatoms. The monoisotopic (exact) mass is 420 g/mol. The molecule has 1 amide bonds. The lowest BCUT2D eigenvalue weighted by molar-refractivity contribution is -0.120. The van der Waals surface area contributed by atoms with Gasteiger partial charge in [-0.25, -0.2) is 9.97 Å². The van der Waals surface area contributed by atoms with E-state index in [9.17, 15) is 20.1 Å². The zero-order valence-electron chi connectivity index (χ0n) is 17.1. The number of rotatable bonds is 6. The van der Waals surface area contributed by atoms with Crippen molar-refractivity contribution >= 4 is 23.2 Å². The molecule has 1 fully saturated rings. The van der Waals surface area contributed by atoms with Crippen molar-refractivity contribution in [2.75, 3.05) is 28.9 Å². The largest absolute Gasteiger partial charge is 0.394 e. The summed E-state index contributed by atoms with van der Waals surface area (Å²) in [5, 5.41) is 31.5. The van der Waals surface area contributed by atoms with Crippen molar-refractivity contribution in [3.05, 3.63) is 5.82 Å². The van der Waals surface area contributed by atoms with Gasteiger partial charge in [0.2, 0.25) is 11.7 Å². The Morgan fingerprint density at radius 2 is 2.10 bits per heavy atom. The molecule has 2 unspecified atom stereocenters. The van der Waals surface area contributed by atoms with Crippen LogP contribution in [0.5, 0.6) is 0 Å². The summed E-state index contributed by atoms with van der Waals surface area (Å²) in [6.45, 7) is 3.39. The molecule has 3 heterocycles. The van der Waals surface area contributed by atoms with Crippen LogP contribution >= 0.6 is 0 Å². The predicted octanol–water partition coefficient (Wildman–Crippen LogP) is -0.935. The molecule has 1 saturated heterocycles. The number of hydrogen-bond acceptors (Lipinski definition) is 10. The number of hydrazine groups is 1. The maximum atomic E-state index is 12.0. The van der Waals surface area contributed by atoms with Crippen LogP contribution in [-0.2, 0) is 9.53 Å². The van der Waals surface area contributed by atoms with Gasteiger partial charge in [-0.15, -0.1) is 0 Å². The first-order valence-corrected chi connectivity index (χ1v) is 10.0. The van der Waals surface area contributed by atoms with E-state index >= 15 is 0 Å². The molecule has 0 radical (unpaired) electrons. The molecule has 0 saturated carbocycles. The van der Waals surface area contributed by atoms with Crippen molar-refractivity contribution in [3.63, 3.8) is 0 Å². The minimum atomic E-state index is -1.30. The third-order valence-corrected chi connectivity index (χ3v) is 4.99. The summed E-state index contributed by atoms with van der Waals surface area (Å²) in [6, 6.07) is 0. The van der Waals surface area contributed by atoms with Gasteiger partial charge in [-0.1, -0.05) is 26.2 Å². The van der Waals surface area contributed by atoms with Gasteiger partial charge in [0.15, 0.2) is 17.9 Å². The van der Waals surface area contributed by atoms with E-state index in [1.54, 1.807) is 11.8 Å². The number of aliphatic hydroxyl groups is 3. The maximum Gasteiger partial charge on any atom is 0.238 e. The number of anilines is 3. The summed E-state index contributed by atoms with van der Waals surface area (Å²) >= 11 is 0. The molecule has 6 N–H and O–H groups in total. The number of nitrogens with two attached hydrogens (primary N) is 1. The summed E-state index contributed by atoms with van der Waals surface area (Å²) in [5.74, 6) is 6.29. The highest BCUT2D eigenvalue weighted by Gasteiger charge is 2.49. The van der Waals surface area contributed by atoms with E-state index in [2.05, 4.69) is 34.2 Å². The van der Waals surface area contributed by atoms with Crippen LogP contribution in [0.3, 0.4) is 0 Å². The number of amides is 1. The molecule has 0 aliphatic carbocycles. The Labute approximate surface area is 174 Å². The fraction of sp³-hybridized carbons (Fsp3) is 0.632. The second-order valence-corrected chi connectivity index (χ2v) is 7.17. The number of nitrogens with one attached hydrogen (secondary N) is 1. The molecule has 1 aromatic rings. The first kappa shape index (κ1) is 22.0. The summed E-state index contributed by atoms with van der Waals surface area (Å²) in [4.78, 5) is 22.2. The van der Waals surface area contributed by atoms with Gasteiger partial charge < -0.3 is 30.7 Å². The highest BCUT2D eigenvalue weighted by Crippen LogP contribution is 2.40. The molecule has 164 valence electrons. The number of ether oxygens (including phenoxy) is 1. The number of hydrogen-bond donors (Lipinski definition) is 5. The van der Waals surface area contributed by atoms with E-state index in [0.29, 0.717) is 17.9 Å². The van der Waals surface area contributed by atoms with E-state index in [4.69, 9.17) is 10.5 Å². The number of nitrogens with zero attached hydrogens (tertiary/aromatic N) is 4. The smallest absolute Gasteiger partial charge is 0.238 e. The minimum Gasteiger partial charge on any atom is -0.394 e. The number of aliphatic hydroxyl groups excluding tert-OH is 3. The van der Waals surface area contributed by atoms with Gasteiger partial charge in [0.25, 0.3) is 0 Å². The average Bonchev–Trinajstić information content (AvgIpc) is 3.23. The Morgan fingerprint density at radius 3 is 2.73 bits per heavy atom. The van der Waals surface area contributed by atoms with Crippen LogP contribution in [0.4, 0.5) is 17.3 Å². The molecule has 0 bridgehead atoms. The number of carbonyl (C=O) groups is 1. The molecule has 0 aromatic carbocycles. The zero-order valence-corrected chi connectivity index (χ0v) is 17.1. The second-order valence-electron chi connectivity index (χ2n) is 7.17. The molecule has 0 spiro atoms. The maximum absolute atomic E-state index is 12.0. The average molecular weight is 420 g/mol. The predicted molar refractivity (Wildman–Crippen MR) is 109 cm³/mol. The third-order valence-electron chi connectivity index (χ3n) is 4.99. The van der Waals surface area contributed by atoms with Crippen molar-refractivity contribution in [3.8, 4) is 11.8 Å². The Kier molecular flexibility index (Phi) is 6.94. The fourth-order valence-electron chi connectivity index (χ4n) is 3.33. The van der Waals surface area contributed by atoms with Gasteiger partial charge in [-0.2, -0.15) is 0 Å². The number of unbranched alkanes of at least 4 members (excludes halogenated alkanes) is 2. The normalized spacial score (nSPS) is 25.1. The summed E-state index contributed by atoms with van der Waals surface area (Å²) in [6.07, 6.45) is -1.58. The molecule has 2 aliphatic heterocycles. The Bertz CT molecular complexity index is 841. The molecule has 2 aliphatic rings. The van der Waals surface area contributed by atoms with Gasteiger partial charge in [0, 0.05) is 12.8 Å². The Hall–Kier alpha value is -2.65. The van der Waals surface area contributed by atoms with Gasteiger partial charge in [-0.05, 0) is 12.3 Å². The lowest BCUT2D eigenvalue weighted by Gasteiger charge is -2.28. The molecule has 4 atom stereocenters. The van der Waals surface area contributed by atoms with Crippen LogP contribution in [0.15, 0.2) is 0 Å². The van der Waals surface area contributed by atoms with Crippen LogP contribution in [0.1, 0.15) is 45.4 Å². The minimum absolute atomic E-state index is 0.0548. The van der Waals surface area contributed by atoms with Crippen LogP contribution in [0.25, 0.3) is 0 Å². The summed E-state index contributed by atoms with van der Waals surface area (Å²) in [7, 11) is 0. The van der Waals surface area contributed by atoms with Crippen LogP contribution < -0.4 is 21.1 Å². The van der Waals surface area contributed by atoms with Crippen LogP contribution in [-0.4, -0.2) is 69.0 Å². The van der Waals surface area contributed by atoms with E-state index in [-0.39, 0.29) is 30.6 Å². The van der Waals surface area contributed by atoms with E-state index in [1.165, 1.54) is 5.01 Å². The van der Waals surface area contributed by atoms with E-state index < -0.39 is 31.1 Å². The lowest BCUT2D eigenvalue weighted by Crippen LogP contribution is -2.50. The molecule has 11 nitrogen and oxygen atoms in total. The standard InChI is InChI=1S/C19H28N6O5/c1-3-5-6-7-8-12-21-17(20)14-18(22-12)24(10-25(14)23-13(27)4-2)19-16(29)15(28)11(9-26)30-19/h11,15-16,19,26,28-29H,3-6,9-10H2,1-2H3,(H,23,27)(H2,20,21,22)/t11-,15?,16?,19-/m1/s1. The molecule has 1 aromatic heterocycles. The molecule has 3 rings (SSSR count). The number of fused-ring (bicyclic) bond motifs is 1. The van der Waals surface area contributed by atoms with Crippen molar-refractivity contribution in [1.82, 2.24) is 15.4 Å². The SMILES string of the molecule is CCCCC#Cc1nc(N)c2c(n1)N([C@@H]1O[C@H](CO)C(O)C1O)CN2NC(=O)CC. The highest BCUT2D eigenvalue weighted by molar-refractivity contribution is 5.86. The number of carbonyl (C=O) groups excluding carboxylic acids is 1. The van der Waals surface area contributed by atoms with E-state index in [1.807, 2.05) is 0 Å². The first-order chi connectivity index (χ1) is 14.4. The summed E-state index contributed by atoms with van der Waals surface area (Å²) in [5.41, 5.74) is 9.23. The quantitative estimate of drug-likeness (QED) is 0.287. The number of nitrogen functional groups attached to an aromatic ring is 1. The topological polar surface area (TPSA) is 157 Å². The Balaban J connectivity index is 1.97. The van der Waals surface area contributed by atoms with E-state index in [0.717, 1.165) is 12.8 Å². The second kappa shape index (κ2) is 9.44. The summed E-state index contributed by atoms with van der Waals surface area (Å²) < 4.78 is 5.65. The van der Waals surface area contributed by atoms with Gasteiger partial charge in [0.1, 0.15) is 30.7 Å². The molecular weight excluding hydrogens is 392 g/mol. The van der Waals surface area contributed by atoms with Crippen LogP contribution in [0.2, 0.25) is 0 Å². The molecule has 30 heavy (non-hydrogen) atoms. The van der Waals surface area contributed by atoms with Gasteiger partial charge in [-0.3, -0.25) is 15.2 Å². The third kappa shape index (κ3) is 4.27. The van der Waals surface area contributed by atoms with Crippen LogP contribution in [0, 0.1) is 11.8 Å². The highest BCUT2D eigenvalue weighted by atomic mass is 16.6. The van der Waals surface area contributed by atoms with Gasteiger partial charge >= 0.3 is 0 Å². The lowest BCUT2D eigenvalue weighted by atomic mass is 10.1.